The summed E-state index contributed by atoms with van der Waals surface area (Å²) in [5.74, 6) is -1.10. The van der Waals surface area contributed by atoms with Crippen LogP contribution in [-0.4, -0.2) is 24.1 Å². The summed E-state index contributed by atoms with van der Waals surface area (Å²) in [5, 5.41) is 21.9. The minimum Gasteiger partial charge on any atom is -0.321 e. The molecule has 0 fully saturated rings. The molecule has 0 spiro atoms. The predicted octanol–water partition coefficient (Wildman–Crippen LogP) is 3.87. The van der Waals surface area contributed by atoms with Crippen molar-refractivity contribution >= 4 is 27.7 Å². The number of nitrogens with zero attached hydrogens (tertiary/aromatic N) is 3. The number of nitrogens with one attached hydrogen (secondary N) is 1. The number of nitriles is 1. The molecule has 174 valence electrons. The van der Waals surface area contributed by atoms with Gasteiger partial charge in [0.1, 0.15) is 17.5 Å². The first-order valence-corrected chi connectivity index (χ1v) is 11.8. The molecule has 0 unspecified atom stereocenters. The van der Waals surface area contributed by atoms with Gasteiger partial charge in [-0.25, -0.2) is 22.6 Å². The predicted molar refractivity (Wildman–Crippen MR) is 129 cm³/mol. The lowest BCUT2D eigenvalue weighted by molar-refractivity contribution is -0.112. The SMILES string of the molecule is N#C/C(=C\c1cn(-c2ccccc2)nc1-c1ccc(F)cc1)C(=O)Nc1ccc(S(N)(=O)=O)cc1. The van der Waals surface area contributed by atoms with Crippen LogP contribution >= 0.6 is 0 Å². The van der Waals surface area contributed by atoms with Gasteiger partial charge in [0.15, 0.2) is 0 Å². The molecule has 35 heavy (non-hydrogen) atoms. The summed E-state index contributed by atoms with van der Waals surface area (Å²) in [6.07, 6.45) is 3.05. The third kappa shape index (κ3) is 5.50. The molecule has 0 bridgehead atoms. The molecule has 0 saturated carbocycles. The average Bonchev–Trinajstić information content (AvgIpc) is 3.27. The van der Waals surface area contributed by atoms with Crippen LogP contribution in [0, 0.1) is 17.1 Å². The van der Waals surface area contributed by atoms with Crippen LogP contribution in [0.1, 0.15) is 5.56 Å². The smallest absolute Gasteiger partial charge is 0.266 e. The van der Waals surface area contributed by atoms with Gasteiger partial charge < -0.3 is 5.32 Å². The summed E-state index contributed by atoms with van der Waals surface area (Å²) in [7, 11) is -3.87. The fourth-order valence-corrected chi connectivity index (χ4v) is 3.78. The summed E-state index contributed by atoms with van der Waals surface area (Å²) in [6.45, 7) is 0. The Morgan fingerprint density at radius 1 is 1.03 bits per heavy atom. The van der Waals surface area contributed by atoms with Gasteiger partial charge in [-0.3, -0.25) is 4.79 Å². The van der Waals surface area contributed by atoms with Crippen LogP contribution in [-0.2, 0) is 14.8 Å². The van der Waals surface area contributed by atoms with Gasteiger partial charge in [0.05, 0.1) is 16.3 Å². The number of anilines is 1. The second kappa shape index (κ2) is 9.72. The number of amides is 1. The number of benzene rings is 3. The largest absolute Gasteiger partial charge is 0.321 e. The Bertz CT molecular complexity index is 1550. The van der Waals surface area contributed by atoms with Crippen LogP contribution in [0.15, 0.2) is 95.5 Å². The van der Waals surface area contributed by atoms with Gasteiger partial charge in [0.2, 0.25) is 10.0 Å². The molecule has 0 saturated heterocycles. The maximum absolute atomic E-state index is 13.5. The summed E-state index contributed by atoms with van der Waals surface area (Å²) in [5.41, 5.74) is 2.35. The molecule has 4 rings (SSSR count). The lowest BCUT2D eigenvalue weighted by Gasteiger charge is -2.05. The van der Waals surface area contributed by atoms with E-state index in [1.54, 1.807) is 23.0 Å². The summed E-state index contributed by atoms with van der Waals surface area (Å²) in [6, 6.07) is 22.1. The second-order valence-electron chi connectivity index (χ2n) is 7.41. The van der Waals surface area contributed by atoms with Crippen LogP contribution in [0.4, 0.5) is 10.1 Å². The summed E-state index contributed by atoms with van der Waals surface area (Å²) in [4.78, 5) is 12.7. The molecule has 0 aliphatic carbocycles. The number of primary sulfonamides is 1. The number of halogens is 1. The first-order valence-electron chi connectivity index (χ1n) is 10.2. The second-order valence-corrected chi connectivity index (χ2v) is 8.97. The number of sulfonamides is 1. The normalized spacial score (nSPS) is 11.6. The van der Waals surface area contributed by atoms with Crippen molar-refractivity contribution in [3.8, 4) is 23.0 Å². The first kappa shape index (κ1) is 23.6. The van der Waals surface area contributed by atoms with Gasteiger partial charge in [-0.1, -0.05) is 18.2 Å². The number of hydrogen-bond acceptors (Lipinski definition) is 5. The highest BCUT2D eigenvalue weighted by molar-refractivity contribution is 7.89. The van der Waals surface area contributed by atoms with E-state index in [-0.39, 0.29) is 16.2 Å². The van der Waals surface area contributed by atoms with Crippen LogP contribution < -0.4 is 10.5 Å². The molecule has 4 aromatic rings. The van der Waals surface area contributed by atoms with Crippen LogP contribution in [0.25, 0.3) is 23.0 Å². The molecule has 0 atom stereocenters. The number of carbonyl (C=O) groups excluding carboxylic acids is 1. The Hall–Kier alpha value is -4.59. The molecule has 1 amide bonds. The molecule has 3 N–H and O–H groups in total. The lowest BCUT2D eigenvalue weighted by Crippen LogP contribution is -2.14. The van der Waals surface area contributed by atoms with Gasteiger partial charge in [-0.2, -0.15) is 10.4 Å². The molecule has 8 nitrogen and oxygen atoms in total. The fourth-order valence-electron chi connectivity index (χ4n) is 3.27. The molecular weight excluding hydrogens is 469 g/mol. The Morgan fingerprint density at radius 3 is 2.29 bits per heavy atom. The standard InChI is InChI=1S/C25H18FN5O3S/c26-20-8-6-17(7-9-20)24-19(16-31(30-24)22-4-2-1-3-5-22)14-18(15-27)25(32)29-21-10-12-23(13-11-21)35(28,33)34/h1-14,16H,(H,29,32)(H2,28,33,34)/b18-14+. The average molecular weight is 488 g/mol. The highest BCUT2D eigenvalue weighted by Crippen LogP contribution is 2.26. The topological polar surface area (TPSA) is 131 Å². The van der Waals surface area contributed by atoms with Crippen molar-refractivity contribution in [2.45, 2.75) is 4.90 Å². The maximum atomic E-state index is 13.5. The van der Waals surface area contributed by atoms with E-state index in [2.05, 4.69) is 10.4 Å². The third-order valence-corrected chi connectivity index (χ3v) is 5.92. The van der Waals surface area contributed by atoms with E-state index < -0.39 is 21.7 Å². The fraction of sp³-hybridized carbons (Fsp3) is 0. The van der Waals surface area contributed by atoms with Crippen LogP contribution in [0.3, 0.4) is 0 Å². The van der Waals surface area contributed by atoms with Gasteiger partial charge >= 0.3 is 0 Å². The van der Waals surface area contributed by atoms with Crippen molar-refractivity contribution in [2.24, 2.45) is 5.14 Å². The molecular formula is C25H18FN5O3S. The quantitative estimate of drug-likeness (QED) is 0.315. The van der Waals surface area contributed by atoms with E-state index in [0.29, 0.717) is 16.8 Å². The number of para-hydroxylation sites is 1. The van der Waals surface area contributed by atoms with E-state index >= 15 is 0 Å². The zero-order valence-electron chi connectivity index (χ0n) is 18.1. The highest BCUT2D eigenvalue weighted by Gasteiger charge is 2.16. The van der Waals surface area contributed by atoms with E-state index in [1.165, 1.54) is 42.5 Å². The number of hydrogen-bond donors (Lipinski definition) is 2. The maximum Gasteiger partial charge on any atom is 0.266 e. The first-order chi connectivity index (χ1) is 16.7. The van der Waals surface area contributed by atoms with E-state index in [1.807, 2.05) is 36.4 Å². The Labute approximate surface area is 200 Å². The van der Waals surface area contributed by atoms with Crippen molar-refractivity contribution in [3.63, 3.8) is 0 Å². The molecule has 3 aromatic carbocycles. The van der Waals surface area contributed by atoms with Crippen molar-refractivity contribution in [1.29, 1.82) is 5.26 Å². The van der Waals surface area contributed by atoms with Crippen LogP contribution in [0.2, 0.25) is 0 Å². The van der Waals surface area contributed by atoms with E-state index in [4.69, 9.17) is 5.14 Å². The Morgan fingerprint density at radius 2 is 1.69 bits per heavy atom. The highest BCUT2D eigenvalue weighted by atomic mass is 32.2. The van der Waals surface area contributed by atoms with Crippen LogP contribution in [0.5, 0.6) is 0 Å². The molecule has 1 heterocycles. The molecule has 10 heteroatoms. The van der Waals surface area contributed by atoms with E-state index in [0.717, 1.165) is 5.69 Å². The number of aromatic nitrogens is 2. The number of rotatable bonds is 6. The molecule has 0 aliphatic rings. The molecule has 0 radical (unpaired) electrons. The van der Waals surface area contributed by atoms with Gasteiger partial charge in [-0.05, 0) is 66.7 Å². The third-order valence-electron chi connectivity index (χ3n) is 4.99. The van der Waals surface area contributed by atoms with Crippen molar-refractivity contribution in [1.82, 2.24) is 9.78 Å². The summed E-state index contributed by atoms with van der Waals surface area (Å²) < 4.78 is 37.9. The van der Waals surface area contributed by atoms with Gasteiger partial charge in [0.25, 0.3) is 5.91 Å². The Kier molecular flexibility index (Phi) is 6.55. The molecule has 1 aromatic heterocycles. The molecule has 0 aliphatic heterocycles. The van der Waals surface area contributed by atoms with Gasteiger partial charge in [-0.15, -0.1) is 0 Å². The van der Waals surface area contributed by atoms with Crippen molar-refractivity contribution in [3.05, 3.63) is 102 Å². The zero-order valence-corrected chi connectivity index (χ0v) is 18.9. The Balaban J connectivity index is 1.70. The lowest BCUT2D eigenvalue weighted by atomic mass is 10.1. The number of carbonyl (C=O) groups is 1. The van der Waals surface area contributed by atoms with Crippen molar-refractivity contribution < 1.29 is 17.6 Å². The monoisotopic (exact) mass is 487 g/mol. The van der Waals surface area contributed by atoms with Gasteiger partial charge in [0, 0.05) is 23.0 Å². The van der Waals surface area contributed by atoms with E-state index in [9.17, 15) is 22.9 Å². The van der Waals surface area contributed by atoms with Crippen molar-refractivity contribution in [2.75, 3.05) is 5.32 Å². The minimum absolute atomic E-state index is 0.108. The minimum atomic E-state index is -3.87. The number of nitrogens with two attached hydrogens (primary N) is 1. The zero-order chi connectivity index (χ0) is 25.0. The summed E-state index contributed by atoms with van der Waals surface area (Å²) >= 11 is 0.